The van der Waals surface area contributed by atoms with Crippen molar-refractivity contribution in [3.8, 4) is 5.88 Å². The summed E-state index contributed by atoms with van der Waals surface area (Å²) in [6.07, 6.45) is 3.09. The van der Waals surface area contributed by atoms with E-state index in [1.54, 1.807) is 38.5 Å². The molecule has 0 atom stereocenters. The topological polar surface area (TPSA) is 135 Å². The van der Waals surface area contributed by atoms with E-state index in [0.29, 0.717) is 41.7 Å². The Balaban J connectivity index is 1.43. The zero-order valence-electron chi connectivity index (χ0n) is 23.1. The van der Waals surface area contributed by atoms with Gasteiger partial charge in [0, 0.05) is 70.0 Å². The number of hydrogen-bond acceptors (Lipinski definition) is 9. The normalized spacial score (nSPS) is 14.9. The highest BCUT2D eigenvalue weighted by Crippen LogP contribution is 2.34. The minimum atomic E-state index is -0.607. The van der Waals surface area contributed by atoms with Gasteiger partial charge >= 0.3 is 0 Å². The maximum absolute atomic E-state index is 13.5. The van der Waals surface area contributed by atoms with Crippen LogP contribution in [0.1, 0.15) is 26.3 Å². The lowest BCUT2D eigenvalue weighted by Crippen LogP contribution is -2.45. The Hall–Kier alpha value is -4.58. The summed E-state index contributed by atoms with van der Waals surface area (Å²) in [5, 5.41) is 9.28. The number of H-pyrrole nitrogens is 1. The van der Waals surface area contributed by atoms with Crippen LogP contribution in [0.15, 0.2) is 41.5 Å². The van der Waals surface area contributed by atoms with Gasteiger partial charge in [-0.05, 0) is 38.2 Å². The zero-order chi connectivity index (χ0) is 28.4. The van der Waals surface area contributed by atoms with Crippen LogP contribution in [0.4, 0.5) is 28.4 Å². The largest absolute Gasteiger partial charge is 0.474 e. The van der Waals surface area contributed by atoms with Gasteiger partial charge in [0.25, 0.3) is 17.4 Å². The molecule has 12 heteroatoms. The molecule has 2 aromatic heterocycles. The van der Waals surface area contributed by atoms with E-state index in [-0.39, 0.29) is 11.5 Å². The predicted molar refractivity (Wildman–Crippen MR) is 155 cm³/mol. The third-order valence-corrected chi connectivity index (χ3v) is 7.14. The molecule has 0 radical (unpaired) electrons. The summed E-state index contributed by atoms with van der Waals surface area (Å²) < 4.78 is 5.60. The first kappa shape index (κ1) is 27.0. The number of anilines is 5. The second-order valence-corrected chi connectivity index (χ2v) is 10.1. The molecule has 0 saturated carbocycles. The SMILES string of the molecule is Cc1c(Nc2cc[nH]c(=O)c2C(=O)Nc2ccc(N3CCN(C)CC3)c(C(=O)N(C)C)c2)cnc2c1NCCO2. The fourth-order valence-electron chi connectivity index (χ4n) is 4.84. The van der Waals surface area contributed by atoms with Crippen LogP contribution < -0.4 is 31.1 Å². The van der Waals surface area contributed by atoms with Gasteiger partial charge in [-0.3, -0.25) is 14.4 Å². The molecular weight excluding hydrogens is 512 g/mol. The summed E-state index contributed by atoms with van der Waals surface area (Å²) in [6, 6.07) is 6.90. The molecule has 1 saturated heterocycles. The molecule has 5 rings (SSSR count). The van der Waals surface area contributed by atoms with E-state index in [1.165, 1.54) is 11.1 Å². The minimum Gasteiger partial charge on any atom is -0.474 e. The molecule has 0 aliphatic carbocycles. The number of rotatable bonds is 6. The van der Waals surface area contributed by atoms with Gasteiger partial charge in [-0.2, -0.15) is 0 Å². The monoisotopic (exact) mass is 546 g/mol. The number of nitrogens with one attached hydrogen (secondary N) is 4. The quantitative estimate of drug-likeness (QED) is 0.367. The third kappa shape index (κ3) is 5.43. The summed E-state index contributed by atoms with van der Waals surface area (Å²) in [4.78, 5) is 52.3. The number of carbonyl (C=O) groups excluding carboxylic acids is 2. The third-order valence-electron chi connectivity index (χ3n) is 7.14. The number of likely N-dealkylation sites (N-methyl/N-ethyl adjacent to an activating group) is 1. The molecule has 40 heavy (non-hydrogen) atoms. The van der Waals surface area contributed by atoms with E-state index in [1.807, 2.05) is 13.0 Å². The van der Waals surface area contributed by atoms with Crippen molar-refractivity contribution < 1.29 is 14.3 Å². The lowest BCUT2D eigenvalue weighted by molar-refractivity contribution is 0.0827. The van der Waals surface area contributed by atoms with Crippen LogP contribution in [0.5, 0.6) is 5.88 Å². The van der Waals surface area contributed by atoms with Crippen LogP contribution in [-0.2, 0) is 0 Å². The first-order chi connectivity index (χ1) is 19.2. The van der Waals surface area contributed by atoms with Crippen LogP contribution in [0.3, 0.4) is 0 Å². The molecule has 3 aromatic rings. The maximum atomic E-state index is 13.5. The molecular formula is C28H34N8O4. The number of pyridine rings is 2. The van der Waals surface area contributed by atoms with E-state index in [2.05, 4.69) is 42.8 Å². The van der Waals surface area contributed by atoms with E-state index in [4.69, 9.17) is 4.74 Å². The first-order valence-electron chi connectivity index (χ1n) is 13.2. The van der Waals surface area contributed by atoms with E-state index >= 15 is 0 Å². The van der Waals surface area contributed by atoms with Crippen LogP contribution in [0.2, 0.25) is 0 Å². The summed E-state index contributed by atoms with van der Waals surface area (Å²) in [5.74, 6) is -0.260. The van der Waals surface area contributed by atoms with Gasteiger partial charge in [-0.25, -0.2) is 4.98 Å². The molecule has 210 valence electrons. The smallest absolute Gasteiger partial charge is 0.263 e. The van der Waals surface area contributed by atoms with Gasteiger partial charge in [0.1, 0.15) is 17.9 Å². The second-order valence-electron chi connectivity index (χ2n) is 10.1. The molecule has 1 fully saturated rings. The first-order valence-corrected chi connectivity index (χ1v) is 13.2. The van der Waals surface area contributed by atoms with E-state index in [9.17, 15) is 14.4 Å². The fourth-order valence-corrected chi connectivity index (χ4v) is 4.84. The number of amides is 2. The van der Waals surface area contributed by atoms with Crippen LogP contribution in [-0.4, -0.2) is 92.1 Å². The molecule has 2 amide bonds. The minimum absolute atomic E-state index is 0.0903. The van der Waals surface area contributed by atoms with Gasteiger partial charge in [0.05, 0.1) is 23.1 Å². The Morgan fingerprint density at radius 3 is 2.62 bits per heavy atom. The number of piperazine rings is 1. The number of aromatic amines is 1. The Labute approximate surface area is 232 Å². The van der Waals surface area contributed by atoms with Crippen molar-refractivity contribution in [1.82, 2.24) is 19.8 Å². The van der Waals surface area contributed by atoms with Gasteiger partial charge in [0.2, 0.25) is 5.88 Å². The lowest BCUT2D eigenvalue weighted by atomic mass is 10.1. The number of benzene rings is 1. The van der Waals surface area contributed by atoms with Crippen LogP contribution in [0, 0.1) is 6.92 Å². The molecule has 0 unspecified atom stereocenters. The van der Waals surface area contributed by atoms with Crippen molar-refractivity contribution in [2.75, 3.05) is 81.3 Å². The maximum Gasteiger partial charge on any atom is 0.263 e. The second kappa shape index (κ2) is 11.3. The van der Waals surface area contributed by atoms with Gasteiger partial charge < -0.3 is 40.4 Å². The highest BCUT2D eigenvalue weighted by Gasteiger charge is 2.24. The highest BCUT2D eigenvalue weighted by molar-refractivity contribution is 6.09. The summed E-state index contributed by atoms with van der Waals surface area (Å²) >= 11 is 0. The van der Waals surface area contributed by atoms with Crippen LogP contribution >= 0.6 is 0 Å². The average molecular weight is 547 g/mol. The molecule has 12 nitrogen and oxygen atoms in total. The van der Waals surface area contributed by atoms with Crippen molar-refractivity contribution in [3.05, 3.63) is 63.7 Å². The Kier molecular flexibility index (Phi) is 7.60. The number of nitrogens with zero attached hydrogens (tertiary/aromatic N) is 4. The van der Waals surface area contributed by atoms with E-state index < -0.39 is 11.5 Å². The highest BCUT2D eigenvalue weighted by atomic mass is 16.5. The summed E-state index contributed by atoms with van der Waals surface area (Å²) in [5.41, 5.74) is 3.64. The number of ether oxygens (including phenoxy) is 1. The average Bonchev–Trinajstić information content (AvgIpc) is 2.94. The lowest BCUT2D eigenvalue weighted by Gasteiger charge is -2.35. The summed E-state index contributed by atoms with van der Waals surface area (Å²) in [6.45, 7) is 6.47. The molecule has 2 aliphatic heterocycles. The van der Waals surface area contributed by atoms with E-state index in [0.717, 1.165) is 43.1 Å². The van der Waals surface area contributed by atoms with Crippen molar-refractivity contribution in [1.29, 1.82) is 0 Å². The van der Waals surface area contributed by atoms with Crippen molar-refractivity contribution in [3.63, 3.8) is 0 Å². The fraction of sp³-hybridized carbons (Fsp3) is 0.357. The standard InChI is InChI=1S/C28H34N8O4/c1-17-21(16-31-27-24(17)29-9-14-40-27)33-20-7-8-30-25(37)23(20)26(38)32-18-5-6-22(19(15-18)28(39)34(2)3)36-12-10-35(4)11-13-36/h5-8,15-16,29H,9-14H2,1-4H3,(H,32,38)(H2,30,33,37). The number of carbonyl (C=O) groups is 2. The van der Waals surface area contributed by atoms with Crippen molar-refractivity contribution >= 4 is 40.3 Å². The van der Waals surface area contributed by atoms with Crippen LogP contribution in [0.25, 0.3) is 0 Å². The van der Waals surface area contributed by atoms with Crippen molar-refractivity contribution in [2.24, 2.45) is 0 Å². The van der Waals surface area contributed by atoms with Gasteiger partial charge in [0.15, 0.2) is 0 Å². The Morgan fingerprint density at radius 1 is 1.10 bits per heavy atom. The molecule has 4 heterocycles. The van der Waals surface area contributed by atoms with Crippen molar-refractivity contribution in [2.45, 2.75) is 6.92 Å². The zero-order valence-corrected chi connectivity index (χ0v) is 23.1. The number of aromatic nitrogens is 2. The Bertz CT molecular complexity index is 1490. The number of fused-ring (bicyclic) bond motifs is 1. The number of hydrogen-bond donors (Lipinski definition) is 4. The predicted octanol–water partition coefficient (Wildman–Crippen LogP) is 2.33. The summed E-state index contributed by atoms with van der Waals surface area (Å²) in [7, 11) is 5.47. The molecule has 4 N–H and O–H groups in total. The molecule has 2 aliphatic rings. The molecule has 0 spiro atoms. The van der Waals surface area contributed by atoms with Gasteiger partial charge in [-0.15, -0.1) is 0 Å². The van der Waals surface area contributed by atoms with Gasteiger partial charge in [-0.1, -0.05) is 0 Å². The Morgan fingerprint density at radius 2 is 1.88 bits per heavy atom. The molecule has 0 bridgehead atoms. The molecule has 1 aromatic carbocycles.